The number of halogens is 4. The lowest BCUT2D eigenvalue weighted by atomic mass is 9.96. The first-order valence-electron chi connectivity index (χ1n) is 30.0. The van der Waals surface area contributed by atoms with Crippen LogP contribution in [-0.4, -0.2) is 229 Å². The van der Waals surface area contributed by atoms with Gasteiger partial charge >= 0.3 is 5.97 Å². The fraction of sp³-hybridized carbons (Fsp3) is 0.607. The number of carbonyl (C=O) groups is 4. The van der Waals surface area contributed by atoms with Crippen molar-refractivity contribution in [2.45, 2.75) is 52.4 Å². The monoisotopic (exact) mass is 1250 g/mol. The zero-order valence-electron chi connectivity index (χ0n) is 51.0. The summed E-state index contributed by atoms with van der Waals surface area (Å²) in [4.78, 5) is 66.7. The van der Waals surface area contributed by atoms with E-state index in [2.05, 4.69) is 35.1 Å². The predicted molar refractivity (Wildman–Crippen MR) is 320 cm³/mol. The minimum Gasteiger partial charge on any atom is -0.420 e. The van der Waals surface area contributed by atoms with Gasteiger partial charge in [-0.3, -0.25) is 19.2 Å². The predicted octanol–water partition coefficient (Wildman–Crippen LogP) is 5.74. The first kappa shape index (κ1) is 72.5. The number of rotatable bonds is 46. The second-order valence-corrected chi connectivity index (χ2v) is 20.4. The molecule has 4 N–H and O–H groups in total. The molecule has 23 nitrogen and oxygen atoms in total. The Morgan fingerprint density at radius 1 is 0.636 bits per heavy atom. The van der Waals surface area contributed by atoms with Crippen molar-refractivity contribution < 1.29 is 88.8 Å². The Bertz CT molecular complexity index is 2590. The maximum atomic E-state index is 13.6. The van der Waals surface area contributed by atoms with Gasteiger partial charge in [-0.05, 0) is 63.1 Å². The van der Waals surface area contributed by atoms with Crippen LogP contribution < -0.4 is 26.0 Å². The van der Waals surface area contributed by atoms with Crippen molar-refractivity contribution in [1.82, 2.24) is 20.1 Å². The van der Waals surface area contributed by atoms with E-state index in [1.165, 1.54) is 0 Å². The van der Waals surface area contributed by atoms with E-state index in [1.54, 1.807) is 24.4 Å². The molecule has 0 unspecified atom stereocenters. The van der Waals surface area contributed by atoms with Crippen LogP contribution in [0.3, 0.4) is 0 Å². The minimum absolute atomic E-state index is 0.0156. The number of aromatic nitrogens is 1. The van der Waals surface area contributed by atoms with E-state index in [9.17, 15) is 36.7 Å². The number of fused-ring (bicyclic) bond motifs is 1. The third kappa shape index (κ3) is 27.7. The van der Waals surface area contributed by atoms with Crippen LogP contribution in [0.4, 0.5) is 34.8 Å². The summed E-state index contributed by atoms with van der Waals surface area (Å²) in [5.74, 6) is -8.83. The number of anilines is 2. The van der Waals surface area contributed by atoms with Crippen molar-refractivity contribution in [3.8, 4) is 5.75 Å². The first-order chi connectivity index (χ1) is 42.8. The normalized spacial score (nSPS) is 13.5. The molecule has 0 spiro atoms. The third-order valence-corrected chi connectivity index (χ3v) is 13.5. The van der Waals surface area contributed by atoms with E-state index in [0.29, 0.717) is 193 Å². The standard InChI is InChI=1S/C61H88F4N8O15/c1-4-14-73(15-5-2)61(77)48-40-46-6-7-47(41-52(46)70-53(66)42-48)60(76)69-49-8-9-54(68-44-49)72-16-10-45(11-17-72)59(75)67-13-18-71(3)19-21-79-23-25-81-27-29-83-31-33-85-35-37-87-39-38-86-36-34-84-32-30-82-28-26-80-24-22-78-20-12-55(74)88-58-56(64)50(62)43-51(63)57(58)65/h6-9,40-41,43-45H,4-5,10-39,42H2,1-3H3,(H2,66,70)(H,67,75)(H,69,76). The summed E-state index contributed by atoms with van der Waals surface area (Å²) in [6.07, 6.45) is 6.42. The molecule has 0 bridgehead atoms. The van der Waals surface area contributed by atoms with Crippen molar-refractivity contribution in [2.75, 3.05) is 195 Å². The third-order valence-electron chi connectivity index (χ3n) is 13.5. The van der Waals surface area contributed by atoms with Crippen LogP contribution in [0.1, 0.15) is 68.3 Å². The smallest absolute Gasteiger partial charge is 0.313 e. The Labute approximate surface area is 512 Å². The quantitative estimate of drug-likeness (QED) is 0.0200. The number of aliphatic imine (C=N–C) groups is 1. The van der Waals surface area contributed by atoms with Gasteiger partial charge in [0.1, 0.15) is 11.7 Å². The molecule has 27 heteroatoms. The molecule has 1 fully saturated rings. The first-order valence-corrected chi connectivity index (χ1v) is 30.0. The number of nitrogens with two attached hydrogens (primary N) is 1. The van der Waals surface area contributed by atoms with E-state index in [-0.39, 0.29) is 62.6 Å². The average Bonchev–Trinajstić information content (AvgIpc) is 2.91. The lowest BCUT2D eigenvalue weighted by molar-refractivity contribution is -0.136. The summed E-state index contributed by atoms with van der Waals surface area (Å²) in [5, 5.41) is 6.01. The number of likely N-dealkylation sites (N-methyl/N-ethyl adjacent to an activating group) is 1. The van der Waals surface area contributed by atoms with E-state index in [4.69, 9.17) is 53.1 Å². The largest absolute Gasteiger partial charge is 0.420 e. The van der Waals surface area contributed by atoms with Gasteiger partial charge < -0.3 is 83.2 Å². The molecule has 0 aliphatic carbocycles. The molecule has 3 amide bonds. The molecule has 0 atom stereocenters. The molecule has 1 aromatic heterocycles. The Morgan fingerprint density at radius 3 is 1.62 bits per heavy atom. The van der Waals surface area contributed by atoms with E-state index in [0.717, 1.165) is 24.2 Å². The van der Waals surface area contributed by atoms with Gasteiger partial charge in [-0.15, -0.1) is 0 Å². The number of amidine groups is 1. The van der Waals surface area contributed by atoms with Gasteiger partial charge in [0.05, 0.1) is 156 Å². The van der Waals surface area contributed by atoms with Crippen molar-refractivity contribution in [1.29, 1.82) is 0 Å². The average molecular weight is 1250 g/mol. The van der Waals surface area contributed by atoms with Crippen molar-refractivity contribution in [3.63, 3.8) is 0 Å². The molecule has 2 aliphatic heterocycles. The molecule has 490 valence electrons. The van der Waals surface area contributed by atoms with Crippen molar-refractivity contribution >= 4 is 52.8 Å². The highest BCUT2D eigenvalue weighted by atomic mass is 19.2. The Kier molecular flexibility index (Phi) is 35.1. The van der Waals surface area contributed by atoms with Gasteiger partial charge in [-0.1, -0.05) is 19.9 Å². The van der Waals surface area contributed by atoms with Crippen LogP contribution in [0.25, 0.3) is 6.08 Å². The van der Waals surface area contributed by atoms with Gasteiger partial charge in [0.25, 0.3) is 5.91 Å². The lowest BCUT2D eigenvalue weighted by Crippen LogP contribution is -2.42. The molecule has 3 aromatic rings. The number of hydrogen-bond donors (Lipinski definition) is 3. The fourth-order valence-electron chi connectivity index (χ4n) is 8.84. The Morgan fingerprint density at radius 2 is 1.14 bits per heavy atom. The summed E-state index contributed by atoms with van der Waals surface area (Å²) >= 11 is 0. The molecule has 5 rings (SSSR count). The van der Waals surface area contributed by atoms with Crippen molar-refractivity contribution in [2.24, 2.45) is 16.6 Å². The van der Waals surface area contributed by atoms with Gasteiger partial charge in [0.15, 0.2) is 11.6 Å². The van der Waals surface area contributed by atoms with E-state index < -0.39 is 41.4 Å². The zero-order valence-corrected chi connectivity index (χ0v) is 51.0. The number of hydrogen-bond acceptors (Lipinski definition) is 20. The number of piperidine rings is 1. The van der Waals surface area contributed by atoms with Gasteiger partial charge in [-0.2, -0.15) is 8.78 Å². The topological polar surface area (TPSA) is 255 Å². The lowest BCUT2D eigenvalue weighted by Gasteiger charge is -2.32. The Hall–Kier alpha value is -6.24. The number of pyridine rings is 1. The van der Waals surface area contributed by atoms with Crippen molar-refractivity contribution in [3.05, 3.63) is 82.6 Å². The summed E-state index contributed by atoms with van der Waals surface area (Å²) in [7, 11) is 1.99. The van der Waals surface area contributed by atoms with Crippen LogP contribution in [0.15, 0.2) is 53.2 Å². The summed E-state index contributed by atoms with van der Waals surface area (Å²) in [6.45, 7) is 16.0. The molecule has 3 heterocycles. The van der Waals surface area contributed by atoms with E-state index in [1.807, 2.05) is 44.0 Å². The molecular formula is C61H88F4N8O15. The van der Waals surface area contributed by atoms with Crippen LogP contribution in [0.2, 0.25) is 0 Å². The number of benzene rings is 2. The van der Waals surface area contributed by atoms with Crippen LogP contribution >= 0.6 is 0 Å². The Balaban J connectivity index is 0.740. The number of nitrogens with one attached hydrogen (secondary N) is 2. The highest BCUT2D eigenvalue weighted by molar-refractivity contribution is 6.08. The van der Waals surface area contributed by atoms with Crippen LogP contribution in [0, 0.1) is 29.2 Å². The maximum Gasteiger partial charge on any atom is 0.313 e. The summed E-state index contributed by atoms with van der Waals surface area (Å²) < 4.78 is 113. The number of nitrogens with zero attached hydrogens (tertiary/aromatic N) is 5. The second-order valence-electron chi connectivity index (χ2n) is 20.4. The molecular weight excluding hydrogens is 1160 g/mol. The fourth-order valence-corrected chi connectivity index (χ4v) is 8.84. The SMILES string of the molecule is CCCN(CCC)C(=O)C1=Cc2ccc(C(=O)Nc3ccc(N4CCC(C(=O)NCCN(C)CCOCCOCCOCCOCCOCCOCCOCCOCCOCCOCCC(=O)Oc5c(F)c(F)cc(F)c5F)CC4)nc3)cc2N=C(N)C1. The van der Waals surface area contributed by atoms with Gasteiger partial charge in [0.2, 0.25) is 29.2 Å². The van der Waals surface area contributed by atoms with Crippen LogP contribution in [-0.2, 0) is 61.8 Å². The van der Waals surface area contributed by atoms with Gasteiger partial charge in [-0.25, -0.2) is 18.8 Å². The second kappa shape index (κ2) is 42.6. The summed E-state index contributed by atoms with van der Waals surface area (Å²) in [5.41, 5.74) is 9.03. The highest BCUT2D eigenvalue weighted by Gasteiger charge is 2.27. The molecule has 0 saturated carbocycles. The zero-order chi connectivity index (χ0) is 63.1. The highest BCUT2D eigenvalue weighted by Crippen LogP contribution is 2.30. The molecule has 88 heavy (non-hydrogen) atoms. The molecule has 2 aliphatic rings. The number of amides is 3. The van der Waals surface area contributed by atoms with Crippen LogP contribution in [0.5, 0.6) is 5.75 Å². The minimum atomic E-state index is -1.80. The number of ether oxygens (including phenoxy) is 11. The number of carbonyl (C=O) groups excluding carboxylic acids is 4. The molecule has 1 saturated heterocycles. The molecule has 2 aromatic carbocycles. The number of esters is 1. The summed E-state index contributed by atoms with van der Waals surface area (Å²) in [6, 6.07) is 8.88. The van der Waals surface area contributed by atoms with Gasteiger partial charge in [0, 0.05) is 80.9 Å². The molecule has 0 radical (unpaired) electrons. The van der Waals surface area contributed by atoms with E-state index >= 15 is 0 Å². The maximum absolute atomic E-state index is 13.6.